The number of esters is 1. The molecule has 1 saturated carbocycles. The van der Waals surface area contributed by atoms with Crippen molar-refractivity contribution >= 4 is 17.6 Å². The molecular weight excluding hydrogens is 362 g/mol. The zero-order chi connectivity index (χ0) is 20.3. The summed E-state index contributed by atoms with van der Waals surface area (Å²) in [6.07, 6.45) is 5.19. The van der Waals surface area contributed by atoms with Gasteiger partial charge >= 0.3 is 5.97 Å². The van der Waals surface area contributed by atoms with Crippen LogP contribution in [0.2, 0.25) is 0 Å². The summed E-state index contributed by atoms with van der Waals surface area (Å²) in [7, 11) is 0. The average molecular weight is 389 g/mol. The van der Waals surface area contributed by atoms with Crippen LogP contribution in [0.3, 0.4) is 0 Å². The highest BCUT2D eigenvalue weighted by molar-refractivity contribution is 6.03. The van der Waals surface area contributed by atoms with E-state index in [0.717, 1.165) is 43.2 Å². The molecule has 2 aromatic rings. The lowest BCUT2D eigenvalue weighted by Gasteiger charge is -2.38. The number of nitrogens with one attached hydrogen (secondary N) is 1. The molecule has 1 N–H and O–H groups in total. The van der Waals surface area contributed by atoms with Crippen LogP contribution < -0.4 is 5.32 Å². The Morgan fingerprint density at radius 2 is 1.69 bits per heavy atom. The molecule has 0 aromatic heterocycles. The van der Waals surface area contributed by atoms with E-state index in [0.29, 0.717) is 17.9 Å². The summed E-state index contributed by atoms with van der Waals surface area (Å²) >= 11 is 0. The van der Waals surface area contributed by atoms with E-state index < -0.39 is 0 Å². The van der Waals surface area contributed by atoms with E-state index in [9.17, 15) is 9.59 Å². The minimum atomic E-state index is -0.293. The summed E-state index contributed by atoms with van der Waals surface area (Å²) in [6.45, 7) is 2.15. The number of amides is 1. The van der Waals surface area contributed by atoms with Crippen LogP contribution in [0.5, 0.6) is 0 Å². The predicted molar refractivity (Wildman–Crippen MR) is 113 cm³/mol. The minimum absolute atomic E-state index is 0.113. The molecular formula is C25H27NO3. The highest BCUT2D eigenvalue weighted by Crippen LogP contribution is 2.52. The van der Waals surface area contributed by atoms with Gasteiger partial charge in [-0.05, 0) is 37.3 Å². The van der Waals surface area contributed by atoms with E-state index in [4.69, 9.17) is 4.74 Å². The third-order valence-electron chi connectivity index (χ3n) is 6.11. The first-order valence-corrected chi connectivity index (χ1v) is 10.5. The van der Waals surface area contributed by atoms with Crippen LogP contribution >= 0.6 is 0 Å². The standard InChI is InChI=1S/C25H27NO3/c1-2-29-24(28)22-23(26-21(27)16-18-10-4-3-5-11-18)20-13-7-6-12-19(20)17-25(22)14-8-9-15-25/h3-7,10-13H,2,8-9,14-17H2,1H3,(H,26,27). The van der Waals surface area contributed by atoms with Crippen LogP contribution in [0.1, 0.15) is 49.3 Å². The van der Waals surface area contributed by atoms with Gasteiger partial charge in [-0.15, -0.1) is 0 Å². The number of carbonyl (C=O) groups is 2. The number of carbonyl (C=O) groups excluding carboxylic acids is 2. The van der Waals surface area contributed by atoms with E-state index in [1.165, 1.54) is 5.56 Å². The van der Waals surface area contributed by atoms with Crippen molar-refractivity contribution in [2.24, 2.45) is 5.41 Å². The molecule has 1 fully saturated rings. The zero-order valence-corrected chi connectivity index (χ0v) is 16.9. The van der Waals surface area contributed by atoms with Gasteiger partial charge in [-0.1, -0.05) is 67.4 Å². The number of hydrogen-bond donors (Lipinski definition) is 1. The minimum Gasteiger partial charge on any atom is -0.463 e. The van der Waals surface area contributed by atoms with Gasteiger partial charge in [-0.2, -0.15) is 0 Å². The van der Waals surface area contributed by atoms with Crippen LogP contribution in [0.4, 0.5) is 0 Å². The number of hydrogen-bond acceptors (Lipinski definition) is 3. The Morgan fingerprint density at radius 1 is 1.00 bits per heavy atom. The van der Waals surface area contributed by atoms with Gasteiger partial charge in [-0.25, -0.2) is 4.79 Å². The van der Waals surface area contributed by atoms with Crippen LogP contribution in [0.15, 0.2) is 60.2 Å². The second-order valence-corrected chi connectivity index (χ2v) is 8.00. The molecule has 0 aliphatic heterocycles. The molecule has 29 heavy (non-hydrogen) atoms. The lowest BCUT2D eigenvalue weighted by molar-refractivity contribution is -0.139. The highest BCUT2D eigenvalue weighted by Gasteiger charge is 2.46. The Hall–Kier alpha value is -2.88. The molecule has 2 aliphatic rings. The van der Waals surface area contributed by atoms with Crippen molar-refractivity contribution in [1.82, 2.24) is 5.32 Å². The first-order valence-electron chi connectivity index (χ1n) is 10.5. The average Bonchev–Trinajstić information content (AvgIpc) is 3.17. The smallest absolute Gasteiger partial charge is 0.336 e. The quantitative estimate of drug-likeness (QED) is 0.770. The normalized spacial score (nSPS) is 17.1. The maximum Gasteiger partial charge on any atom is 0.336 e. The van der Waals surface area contributed by atoms with E-state index in [2.05, 4.69) is 11.4 Å². The first kappa shape index (κ1) is 19.4. The van der Waals surface area contributed by atoms with E-state index in [-0.39, 0.29) is 23.7 Å². The van der Waals surface area contributed by atoms with Crippen LogP contribution in [-0.2, 0) is 27.2 Å². The van der Waals surface area contributed by atoms with Gasteiger partial charge in [-0.3, -0.25) is 4.79 Å². The zero-order valence-electron chi connectivity index (χ0n) is 16.9. The van der Waals surface area contributed by atoms with E-state index in [1.54, 1.807) is 0 Å². The molecule has 0 radical (unpaired) electrons. The van der Waals surface area contributed by atoms with Crippen molar-refractivity contribution < 1.29 is 14.3 Å². The summed E-state index contributed by atoms with van der Waals surface area (Å²) in [4.78, 5) is 26.0. The van der Waals surface area contributed by atoms with Gasteiger partial charge in [0.05, 0.1) is 24.3 Å². The summed E-state index contributed by atoms with van der Waals surface area (Å²) in [5.41, 5.74) is 4.15. The molecule has 4 rings (SSSR count). The fraction of sp³-hybridized carbons (Fsp3) is 0.360. The highest BCUT2D eigenvalue weighted by atomic mass is 16.5. The third-order valence-corrected chi connectivity index (χ3v) is 6.11. The van der Waals surface area contributed by atoms with Gasteiger partial charge in [0.2, 0.25) is 5.91 Å². The SMILES string of the molecule is CCOC(=O)C1=C(NC(=O)Cc2ccccc2)c2ccccc2CC12CCCC2. The maximum absolute atomic E-state index is 13.1. The number of ether oxygens (including phenoxy) is 1. The summed E-state index contributed by atoms with van der Waals surface area (Å²) in [6, 6.07) is 17.8. The van der Waals surface area contributed by atoms with Crippen molar-refractivity contribution in [3.05, 3.63) is 76.9 Å². The Balaban J connectivity index is 1.77. The maximum atomic E-state index is 13.1. The fourth-order valence-electron chi connectivity index (χ4n) is 4.87. The van der Waals surface area contributed by atoms with Crippen molar-refractivity contribution in [2.45, 2.75) is 45.4 Å². The molecule has 1 spiro atoms. The molecule has 4 heteroatoms. The van der Waals surface area contributed by atoms with Gasteiger partial charge < -0.3 is 10.1 Å². The van der Waals surface area contributed by atoms with Crippen LogP contribution in [0.25, 0.3) is 5.70 Å². The van der Waals surface area contributed by atoms with E-state index >= 15 is 0 Å². The van der Waals surface area contributed by atoms with Crippen LogP contribution in [-0.4, -0.2) is 18.5 Å². The summed E-state index contributed by atoms with van der Waals surface area (Å²) in [5.74, 6) is -0.406. The molecule has 0 heterocycles. The number of rotatable bonds is 5. The van der Waals surface area contributed by atoms with Gasteiger partial charge in [0.25, 0.3) is 0 Å². The second-order valence-electron chi connectivity index (χ2n) is 8.00. The number of benzene rings is 2. The Bertz CT molecular complexity index is 940. The van der Waals surface area contributed by atoms with Crippen LogP contribution in [0, 0.1) is 5.41 Å². The predicted octanol–water partition coefficient (Wildman–Crippen LogP) is 4.44. The third kappa shape index (κ3) is 3.84. The van der Waals surface area contributed by atoms with Gasteiger partial charge in [0.15, 0.2) is 0 Å². The van der Waals surface area contributed by atoms with Crippen molar-refractivity contribution in [3.63, 3.8) is 0 Å². The molecule has 150 valence electrons. The van der Waals surface area contributed by atoms with Crippen molar-refractivity contribution in [3.8, 4) is 0 Å². The molecule has 2 aliphatic carbocycles. The van der Waals surface area contributed by atoms with Gasteiger partial charge in [0.1, 0.15) is 0 Å². The molecule has 0 unspecified atom stereocenters. The number of fused-ring (bicyclic) bond motifs is 1. The Morgan fingerprint density at radius 3 is 2.41 bits per heavy atom. The largest absolute Gasteiger partial charge is 0.463 e. The van der Waals surface area contributed by atoms with Crippen molar-refractivity contribution in [2.75, 3.05) is 6.61 Å². The van der Waals surface area contributed by atoms with Crippen molar-refractivity contribution in [1.29, 1.82) is 0 Å². The Kier molecular flexibility index (Phi) is 5.52. The monoisotopic (exact) mass is 389 g/mol. The fourth-order valence-corrected chi connectivity index (χ4v) is 4.87. The summed E-state index contributed by atoms with van der Waals surface area (Å²) in [5, 5.41) is 3.10. The molecule has 2 aromatic carbocycles. The van der Waals surface area contributed by atoms with Gasteiger partial charge in [0, 0.05) is 11.0 Å². The molecule has 0 saturated heterocycles. The first-order chi connectivity index (χ1) is 14.1. The molecule has 0 bridgehead atoms. The van der Waals surface area contributed by atoms with E-state index in [1.807, 2.05) is 55.5 Å². The molecule has 1 amide bonds. The topological polar surface area (TPSA) is 55.4 Å². The lowest BCUT2D eigenvalue weighted by Crippen LogP contribution is -2.38. The Labute approximate surface area is 172 Å². The lowest BCUT2D eigenvalue weighted by atomic mass is 9.68. The second kappa shape index (κ2) is 8.24. The summed E-state index contributed by atoms with van der Waals surface area (Å²) < 4.78 is 5.47. The molecule has 4 nitrogen and oxygen atoms in total. The molecule has 0 atom stereocenters.